The number of carbonyl (C=O) groups is 2. The summed E-state index contributed by atoms with van der Waals surface area (Å²) in [5.74, 6) is 0.287. The molecule has 3 aromatic carbocycles. The number of nitrogens with zero attached hydrogens (tertiary/aromatic N) is 2. The van der Waals surface area contributed by atoms with Gasteiger partial charge in [0, 0.05) is 6.42 Å². The smallest absolute Gasteiger partial charge is 0.344 e. The Kier molecular flexibility index (Phi) is 7.45. The van der Waals surface area contributed by atoms with Gasteiger partial charge in [0.15, 0.2) is 13.2 Å². The van der Waals surface area contributed by atoms with Gasteiger partial charge in [-0.05, 0) is 60.4 Å². The fourth-order valence-corrected chi connectivity index (χ4v) is 4.04. The number of benzene rings is 3. The second kappa shape index (κ2) is 10.9. The highest BCUT2D eigenvalue weighted by atomic mass is 16.6. The maximum Gasteiger partial charge on any atom is 0.344 e. The van der Waals surface area contributed by atoms with Crippen molar-refractivity contribution in [3.05, 3.63) is 95.1 Å². The Morgan fingerprint density at radius 1 is 0.914 bits per heavy atom. The molecule has 0 aliphatic carbocycles. The zero-order valence-electron chi connectivity index (χ0n) is 20.1. The van der Waals surface area contributed by atoms with Crippen LogP contribution in [0, 0.1) is 13.8 Å². The Balaban J connectivity index is 1.43. The van der Waals surface area contributed by atoms with Crippen molar-refractivity contribution < 1.29 is 23.8 Å². The molecule has 7 heteroatoms. The summed E-state index contributed by atoms with van der Waals surface area (Å²) >= 11 is 0. The van der Waals surface area contributed by atoms with Crippen LogP contribution >= 0.6 is 0 Å². The van der Waals surface area contributed by atoms with E-state index in [2.05, 4.69) is 5.10 Å². The zero-order valence-corrected chi connectivity index (χ0v) is 20.1. The number of hydrazone groups is 1. The maximum absolute atomic E-state index is 13.1. The first kappa shape index (κ1) is 24.0. The quantitative estimate of drug-likeness (QED) is 0.448. The lowest BCUT2D eigenvalue weighted by Crippen LogP contribution is -2.32. The minimum atomic E-state index is -0.620. The molecule has 0 saturated carbocycles. The number of carbonyl (C=O) groups excluding carboxylic acids is 2. The van der Waals surface area contributed by atoms with Gasteiger partial charge in [0.25, 0.3) is 5.91 Å². The number of esters is 1. The second-order valence-corrected chi connectivity index (χ2v) is 8.42. The molecule has 0 bridgehead atoms. The standard InChI is InChI=1S/C28H28N2O5/c1-19-13-20(2)15-24(14-19)34-18-28(32)35-17-27(31)30-26(22-9-11-23(33-3)12-10-22)16-25(29-30)21-7-5-4-6-8-21/h4-15,26H,16-18H2,1-3H3. The van der Waals surface area contributed by atoms with Crippen molar-refractivity contribution in [1.29, 1.82) is 0 Å². The van der Waals surface area contributed by atoms with Crippen molar-refractivity contribution in [2.45, 2.75) is 26.3 Å². The predicted molar refractivity (Wildman–Crippen MR) is 133 cm³/mol. The molecule has 0 aromatic heterocycles. The van der Waals surface area contributed by atoms with E-state index in [1.54, 1.807) is 7.11 Å². The largest absolute Gasteiger partial charge is 0.497 e. The summed E-state index contributed by atoms with van der Waals surface area (Å²) in [4.78, 5) is 25.3. The van der Waals surface area contributed by atoms with Crippen LogP contribution in [0.4, 0.5) is 0 Å². The monoisotopic (exact) mass is 472 g/mol. The van der Waals surface area contributed by atoms with E-state index in [0.29, 0.717) is 12.2 Å². The highest BCUT2D eigenvalue weighted by Crippen LogP contribution is 2.33. The minimum Gasteiger partial charge on any atom is -0.497 e. The number of hydrogen-bond acceptors (Lipinski definition) is 6. The lowest BCUT2D eigenvalue weighted by Gasteiger charge is -2.22. The van der Waals surface area contributed by atoms with Crippen LogP contribution in [-0.2, 0) is 14.3 Å². The maximum atomic E-state index is 13.1. The molecule has 1 heterocycles. The van der Waals surface area contributed by atoms with Gasteiger partial charge < -0.3 is 14.2 Å². The number of methoxy groups -OCH3 is 1. The predicted octanol–water partition coefficient (Wildman–Crippen LogP) is 4.61. The molecule has 4 rings (SSSR count). The van der Waals surface area contributed by atoms with Gasteiger partial charge in [0.05, 0.1) is 18.9 Å². The molecule has 35 heavy (non-hydrogen) atoms. The third-order valence-corrected chi connectivity index (χ3v) is 5.68. The van der Waals surface area contributed by atoms with E-state index in [0.717, 1.165) is 33.7 Å². The van der Waals surface area contributed by atoms with Crippen molar-refractivity contribution in [2.24, 2.45) is 5.10 Å². The van der Waals surface area contributed by atoms with E-state index in [1.807, 2.05) is 86.6 Å². The molecule has 3 aromatic rings. The van der Waals surface area contributed by atoms with Gasteiger partial charge in [0.1, 0.15) is 11.5 Å². The topological polar surface area (TPSA) is 77.4 Å². The van der Waals surface area contributed by atoms with Crippen molar-refractivity contribution in [1.82, 2.24) is 5.01 Å². The Hall–Kier alpha value is -4.13. The van der Waals surface area contributed by atoms with E-state index in [-0.39, 0.29) is 12.6 Å². The highest BCUT2D eigenvalue weighted by Gasteiger charge is 2.33. The van der Waals surface area contributed by atoms with Crippen molar-refractivity contribution in [3.8, 4) is 11.5 Å². The van der Waals surface area contributed by atoms with E-state index in [1.165, 1.54) is 5.01 Å². The molecule has 1 atom stereocenters. The summed E-state index contributed by atoms with van der Waals surface area (Å²) in [7, 11) is 1.61. The SMILES string of the molecule is COc1ccc(C2CC(c3ccccc3)=NN2C(=O)COC(=O)COc2cc(C)cc(C)c2)cc1. The summed E-state index contributed by atoms with van der Waals surface area (Å²) < 4.78 is 16.0. The molecule has 1 aliphatic rings. The summed E-state index contributed by atoms with van der Waals surface area (Å²) in [5.41, 5.74) is 4.73. The normalized spacial score (nSPS) is 14.9. The lowest BCUT2D eigenvalue weighted by atomic mass is 9.98. The zero-order chi connectivity index (χ0) is 24.8. The number of aryl methyl sites for hydroxylation is 2. The van der Waals surface area contributed by atoms with Gasteiger partial charge in [-0.2, -0.15) is 5.10 Å². The molecule has 1 aliphatic heterocycles. The molecule has 0 fully saturated rings. The average Bonchev–Trinajstić information content (AvgIpc) is 3.32. The summed E-state index contributed by atoms with van der Waals surface area (Å²) in [6, 6.07) is 22.6. The van der Waals surface area contributed by atoms with Crippen molar-refractivity contribution >= 4 is 17.6 Å². The third-order valence-electron chi connectivity index (χ3n) is 5.68. The van der Waals surface area contributed by atoms with Gasteiger partial charge in [-0.25, -0.2) is 9.80 Å². The Bertz CT molecular complexity index is 1200. The first-order valence-electron chi connectivity index (χ1n) is 11.4. The Morgan fingerprint density at radius 2 is 1.60 bits per heavy atom. The first-order valence-corrected chi connectivity index (χ1v) is 11.4. The fraction of sp³-hybridized carbons (Fsp3) is 0.250. The molecular formula is C28H28N2O5. The van der Waals surface area contributed by atoms with Crippen LogP contribution in [0.25, 0.3) is 0 Å². The fourth-order valence-electron chi connectivity index (χ4n) is 4.04. The lowest BCUT2D eigenvalue weighted by molar-refractivity contribution is -0.154. The Labute approximate surface area is 204 Å². The van der Waals surface area contributed by atoms with Crippen LogP contribution in [0.5, 0.6) is 11.5 Å². The van der Waals surface area contributed by atoms with E-state index in [4.69, 9.17) is 14.2 Å². The summed E-state index contributed by atoms with van der Waals surface area (Å²) in [5, 5.41) is 6.00. The summed E-state index contributed by atoms with van der Waals surface area (Å²) in [6.45, 7) is 3.20. The molecule has 1 amide bonds. The molecule has 0 radical (unpaired) electrons. The molecule has 7 nitrogen and oxygen atoms in total. The molecular weight excluding hydrogens is 444 g/mol. The number of hydrogen-bond donors (Lipinski definition) is 0. The number of rotatable bonds is 8. The minimum absolute atomic E-state index is 0.281. The molecule has 0 N–H and O–H groups in total. The van der Waals surface area contributed by atoms with Crippen LogP contribution in [0.1, 0.15) is 34.7 Å². The highest BCUT2D eigenvalue weighted by molar-refractivity contribution is 6.03. The van der Waals surface area contributed by atoms with E-state index < -0.39 is 18.5 Å². The van der Waals surface area contributed by atoms with Gasteiger partial charge in [-0.1, -0.05) is 48.5 Å². The summed E-state index contributed by atoms with van der Waals surface area (Å²) in [6.07, 6.45) is 0.547. The van der Waals surface area contributed by atoms with Gasteiger partial charge in [-0.15, -0.1) is 0 Å². The van der Waals surface area contributed by atoms with Crippen molar-refractivity contribution in [3.63, 3.8) is 0 Å². The van der Waals surface area contributed by atoms with Gasteiger partial charge >= 0.3 is 5.97 Å². The van der Waals surface area contributed by atoms with Crippen LogP contribution in [-0.4, -0.2) is 42.9 Å². The molecule has 1 unspecified atom stereocenters. The number of ether oxygens (including phenoxy) is 3. The van der Waals surface area contributed by atoms with Crippen LogP contribution in [0.2, 0.25) is 0 Å². The molecule has 180 valence electrons. The van der Waals surface area contributed by atoms with Gasteiger partial charge in [-0.3, -0.25) is 4.79 Å². The first-order chi connectivity index (χ1) is 16.9. The van der Waals surface area contributed by atoms with E-state index >= 15 is 0 Å². The van der Waals surface area contributed by atoms with Crippen LogP contribution in [0.15, 0.2) is 77.9 Å². The molecule has 0 spiro atoms. The van der Waals surface area contributed by atoms with Crippen LogP contribution < -0.4 is 9.47 Å². The van der Waals surface area contributed by atoms with Crippen LogP contribution in [0.3, 0.4) is 0 Å². The second-order valence-electron chi connectivity index (χ2n) is 8.42. The number of amides is 1. The van der Waals surface area contributed by atoms with Gasteiger partial charge in [0.2, 0.25) is 0 Å². The third kappa shape index (κ3) is 6.06. The average molecular weight is 473 g/mol. The van der Waals surface area contributed by atoms with Crippen molar-refractivity contribution in [2.75, 3.05) is 20.3 Å². The molecule has 0 saturated heterocycles. The Morgan fingerprint density at radius 3 is 2.26 bits per heavy atom. The van der Waals surface area contributed by atoms with E-state index in [9.17, 15) is 9.59 Å².